The van der Waals surface area contributed by atoms with Crippen LogP contribution in [-0.4, -0.2) is 0 Å². The summed E-state index contributed by atoms with van der Waals surface area (Å²) in [6, 6.07) is 38.4. The zero-order valence-electron chi connectivity index (χ0n) is 22.8. The highest BCUT2D eigenvalue weighted by atomic mass is 19.1. The Morgan fingerprint density at radius 1 is 0.575 bits per heavy atom. The third kappa shape index (κ3) is 3.24. The first-order chi connectivity index (χ1) is 19.5. The van der Waals surface area contributed by atoms with Crippen LogP contribution in [0.3, 0.4) is 0 Å². The Balaban J connectivity index is 1.45. The minimum absolute atomic E-state index is 0.0871. The Morgan fingerprint density at radius 2 is 1.25 bits per heavy atom. The number of rotatable bonds is 2. The van der Waals surface area contributed by atoms with Gasteiger partial charge in [-0.15, -0.1) is 0 Å². The van der Waals surface area contributed by atoms with Crippen molar-refractivity contribution in [3.05, 3.63) is 149 Å². The van der Waals surface area contributed by atoms with E-state index in [-0.39, 0.29) is 11.2 Å². The summed E-state index contributed by atoms with van der Waals surface area (Å²) >= 11 is 0. The van der Waals surface area contributed by atoms with Crippen molar-refractivity contribution in [2.24, 2.45) is 0 Å². The smallest absolute Gasteiger partial charge is 0.123 e. The van der Waals surface area contributed by atoms with Crippen LogP contribution in [0.4, 0.5) is 4.39 Å². The molecule has 0 nitrogen and oxygen atoms in total. The van der Waals surface area contributed by atoms with Crippen molar-refractivity contribution < 1.29 is 4.39 Å². The number of hydrogen-bond donors (Lipinski definition) is 0. The predicted octanol–water partition coefficient (Wildman–Crippen LogP) is 10.5. The fraction of sp³-hybridized carbons (Fsp3) is 0.128. The summed E-state index contributed by atoms with van der Waals surface area (Å²) in [5.74, 6) is -0.204. The lowest BCUT2D eigenvalue weighted by Gasteiger charge is -2.24. The molecule has 6 aromatic rings. The number of hydrogen-bond acceptors (Lipinski definition) is 0. The van der Waals surface area contributed by atoms with Crippen LogP contribution in [0.2, 0.25) is 0 Å². The Labute approximate surface area is 234 Å². The average Bonchev–Trinajstić information content (AvgIpc) is 3.22. The highest BCUT2D eigenvalue weighted by molar-refractivity contribution is 6.20. The van der Waals surface area contributed by atoms with Gasteiger partial charge in [0.05, 0.1) is 0 Å². The van der Waals surface area contributed by atoms with E-state index >= 15 is 4.39 Å². The summed E-state index contributed by atoms with van der Waals surface area (Å²) in [4.78, 5) is 0. The van der Waals surface area contributed by atoms with E-state index in [4.69, 9.17) is 0 Å². The first-order valence-corrected chi connectivity index (χ1v) is 14.2. The van der Waals surface area contributed by atoms with Gasteiger partial charge in [0, 0.05) is 5.41 Å². The van der Waals surface area contributed by atoms with Gasteiger partial charge in [-0.05, 0) is 108 Å². The Kier molecular flexibility index (Phi) is 4.97. The highest BCUT2D eigenvalue weighted by Gasteiger charge is 2.35. The number of allylic oxidation sites excluding steroid dienone is 1. The van der Waals surface area contributed by atoms with Crippen LogP contribution in [-0.2, 0) is 11.8 Å². The summed E-state index contributed by atoms with van der Waals surface area (Å²) in [6.45, 7) is 4.65. The molecule has 0 radical (unpaired) electrons. The molecule has 40 heavy (non-hydrogen) atoms. The van der Waals surface area contributed by atoms with Crippen molar-refractivity contribution in [1.29, 1.82) is 0 Å². The van der Waals surface area contributed by atoms with Gasteiger partial charge >= 0.3 is 0 Å². The van der Waals surface area contributed by atoms with Crippen molar-refractivity contribution in [3.63, 3.8) is 0 Å². The molecule has 0 heterocycles. The maximum Gasteiger partial charge on any atom is 0.123 e. The van der Waals surface area contributed by atoms with Crippen LogP contribution in [0.5, 0.6) is 0 Å². The molecular formula is C39H29F. The molecule has 0 aliphatic heterocycles. The molecule has 0 bridgehead atoms. The number of benzene rings is 6. The molecular weight excluding hydrogens is 487 g/mol. The van der Waals surface area contributed by atoms with Crippen LogP contribution >= 0.6 is 0 Å². The third-order valence-corrected chi connectivity index (χ3v) is 9.20. The SMILES string of the molecule is CC1(C)c2ccccc2-c2ccc(-c3c4ccccc4c(C4=CCCc5ccccc54)c4cc(F)ccc34)cc21. The molecule has 192 valence electrons. The summed E-state index contributed by atoms with van der Waals surface area (Å²) in [5, 5.41) is 4.43. The fourth-order valence-corrected chi connectivity index (χ4v) is 7.33. The van der Waals surface area contributed by atoms with Crippen LogP contribution in [0, 0.1) is 5.82 Å². The average molecular weight is 517 g/mol. The van der Waals surface area contributed by atoms with E-state index in [1.165, 1.54) is 60.9 Å². The lowest BCUT2D eigenvalue weighted by Crippen LogP contribution is -2.14. The molecule has 0 amide bonds. The second-order valence-electron chi connectivity index (χ2n) is 11.7. The molecule has 8 rings (SSSR count). The topological polar surface area (TPSA) is 0 Å². The Bertz CT molecular complexity index is 2040. The van der Waals surface area contributed by atoms with Crippen molar-refractivity contribution >= 4 is 27.1 Å². The zero-order chi connectivity index (χ0) is 27.0. The lowest BCUT2D eigenvalue weighted by atomic mass is 9.79. The van der Waals surface area contributed by atoms with Gasteiger partial charge in [-0.2, -0.15) is 0 Å². The van der Waals surface area contributed by atoms with Gasteiger partial charge in [-0.3, -0.25) is 0 Å². The predicted molar refractivity (Wildman–Crippen MR) is 166 cm³/mol. The molecule has 6 aromatic carbocycles. The normalized spacial score (nSPS) is 15.0. The first kappa shape index (κ1) is 23.4. The minimum Gasteiger partial charge on any atom is -0.207 e. The molecule has 0 spiro atoms. The standard InChI is InChI=1S/C39H29F/c1-39(2)35-17-8-7-13-28(35)29-20-18-25(22-36(29)39)37-31-14-5-6-15-32(31)38(34-23-26(40)19-21-33(34)37)30-16-9-11-24-10-3-4-12-27(24)30/h3-8,10,12-23H,9,11H2,1-2H3. The van der Waals surface area contributed by atoms with Gasteiger partial charge in [-0.1, -0.05) is 111 Å². The Hall–Kier alpha value is -4.49. The van der Waals surface area contributed by atoms with Gasteiger partial charge in [0.2, 0.25) is 0 Å². The molecule has 1 heteroatoms. The van der Waals surface area contributed by atoms with Crippen molar-refractivity contribution in [3.8, 4) is 22.3 Å². The van der Waals surface area contributed by atoms with Crippen molar-refractivity contribution in [2.75, 3.05) is 0 Å². The van der Waals surface area contributed by atoms with Crippen molar-refractivity contribution in [1.82, 2.24) is 0 Å². The minimum atomic E-state index is -0.204. The fourth-order valence-electron chi connectivity index (χ4n) is 7.33. The summed E-state index contributed by atoms with van der Waals surface area (Å²) in [5.41, 5.74) is 12.6. The number of fused-ring (bicyclic) bond motifs is 6. The van der Waals surface area contributed by atoms with Crippen LogP contribution in [0.1, 0.15) is 48.1 Å². The van der Waals surface area contributed by atoms with E-state index in [9.17, 15) is 0 Å². The molecule has 2 aliphatic carbocycles. The molecule has 0 N–H and O–H groups in total. The van der Waals surface area contributed by atoms with E-state index in [0.717, 1.165) is 29.2 Å². The Morgan fingerprint density at radius 3 is 2.10 bits per heavy atom. The quantitative estimate of drug-likeness (QED) is 0.201. The second-order valence-corrected chi connectivity index (χ2v) is 11.7. The van der Waals surface area contributed by atoms with E-state index in [2.05, 4.69) is 111 Å². The van der Waals surface area contributed by atoms with Gasteiger partial charge in [0.1, 0.15) is 5.82 Å². The highest BCUT2D eigenvalue weighted by Crippen LogP contribution is 2.51. The van der Waals surface area contributed by atoms with E-state index in [0.29, 0.717) is 0 Å². The monoisotopic (exact) mass is 516 g/mol. The van der Waals surface area contributed by atoms with E-state index < -0.39 is 0 Å². The van der Waals surface area contributed by atoms with Gasteiger partial charge < -0.3 is 0 Å². The maximum atomic E-state index is 15.0. The molecule has 0 saturated carbocycles. The number of halogens is 1. The molecule has 0 unspecified atom stereocenters. The van der Waals surface area contributed by atoms with Gasteiger partial charge in [-0.25, -0.2) is 4.39 Å². The van der Waals surface area contributed by atoms with Gasteiger partial charge in [0.15, 0.2) is 0 Å². The van der Waals surface area contributed by atoms with E-state index in [1.807, 2.05) is 6.07 Å². The summed E-state index contributed by atoms with van der Waals surface area (Å²) in [6.07, 6.45) is 4.37. The second kappa shape index (κ2) is 8.50. The third-order valence-electron chi connectivity index (χ3n) is 9.20. The molecule has 2 aliphatic rings. The van der Waals surface area contributed by atoms with Crippen LogP contribution < -0.4 is 0 Å². The largest absolute Gasteiger partial charge is 0.207 e. The maximum absolute atomic E-state index is 15.0. The molecule has 0 atom stereocenters. The summed E-state index contributed by atoms with van der Waals surface area (Å²) < 4.78 is 15.0. The molecule has 0 saturated heterocycles. The van der Waals surface area contributed by atoms with Gasteiger partial charge in [0.25, 0.3) is 0 Å². The van der Waals surface area contributed by atoms with Crippen molar-refractivity contribution in [2.45, 2.75) is 32.1 Å². The molecule has 0 fully saturated rings. The van der Waals surface area contributed by atoms with E-state index in [1.54, 1.807) is 12.1 Å². The van der Waals surface area contributed by atoms with Crippen LogP contribution in [0.15, 0.2) is 115 Å². The zero-order valence-corrected chi connectivity index (χ0v) is 22.8. The summed E-state index contributed by atoms with van der Waals surface area (Å²) in [7, 11) is 0. The number of aryl methyl sites for hydroxylation is 1. The lowest BCUT2D eigenvalue weighted by molar-refractivity contribution is 0.630. The molecule has 0 aromatic heterocycles. The van der Waals surface area contributed by atoms with Crippen LogP contribution in [0.25, 0.3) is 49.4 Å². The first-order valence-electron chi connectivity index (χ1n) is 14.2.